The summed E-state index contributed by atoms with van der Waals surface area (Å²) < 4.78 is 5.07. The van der Waals surface area contributed by atoms with Gasteiger partial charge in [-0.1, -0.05) is 24.3 Å². The van der Waals surface area contributed by atoms with Gasteiger partial charge in [0.1, 0.15) is 6.26 Å². The van der Waals surface area contributed by atoms with E-state index >= 15 is 0 Å². The molecule has 5 rings (SSSR count). The summed E-state index contributed by atoms with van der Waals surface area (Å²) in [5.41, 5.74) is 3.45. The number of hydrogen-bond acceptors (Lipinski definition) is 3. The Hall–Kier alpha value is -2.56. The second kappa shape index (κ2) is 7.36. The Morgan fingerprint density at radius 1 is 1.14 bits per heavy atom. The van der Waals surface area contributed by atoms with E-state index in [2.05, 4.69) is 29.6 Å². The molecule has 29 heavy (non-hydrogen) atoms. The Bertz CT molecular complexity index is 893. The molecule has 0 bridgehead atoms. The zero-order valence-electron chi connectivity index (χ0n) is 16.7. The fourth-order valence-electron chi connectivity index (χ4n) is 5.45. The number of benzene rings is 1. The van der Waals surface area contributed by atoms with Gasteiger partial charge in [-0.05, 0) is 67.1 Å². The zero-order chi connectivity index (χ0) is 19.8. The van der Waals surface area contributed by atoms with Crippen LogP contribution >= 0.6 is 0 Å². The van der Waals surface area contributed by atoms with Crippen molar-refractivity contribution in [3.05, 3.63) is 59.5 Å². The highest BCUT2D eigenvalue weighted by molar-refractivity contribution is 5.93. The van der Waals surface area contributed by atoms with E-state index in [0.717, 1.165) is 45.2 Å². The molecule has 1 aromatic carbocycles. The SMILES string of the molecule is O=C(C[C@@H]1CC2(CCN(C(=O)c3ccoc3)CC2)c2ccccc21)NC1CCC1. The van der Waals surface area contributed by atoms with Gasteiger partial charge in [0, 0.05) is 25.6 Å². The Labute approximate surface area is 171 Å². The summed E-state index contributed by atoms with van der Waals surface area (Å²) in [6.45, 7) is 1.50. The lowest BCUT2D eigenvalue weighted by Crippen LogP contribution is -2.44. The lowest BCUT2D eigenvalue weighted by atomic mass is 9.73. The van der Waals surface area contributed by atoms with E-state index in [1.54, 1.807) is 12.3 Å². The number of piperidine rings is 1. The molecule has 2 aromatic rings. The van der Waals surface area contributed by atoms with Gasteiger partial charge >= 0.3 is 0 Å². The summed E-state index contributed by atoms with van der Waals surface area (Å²) in [4.78, 5) is 27.2. The van der Waals surface area contributed by atoms with Crippen molar-refractivity contribution in [3.8, 4) is 0 Å². The van der Waals surface area contributed by atoms with E-state index in [4.69, 9.17) is 4.42 Å². The van der Waals surface area contributed by atoms with Gasteiger partial charge in [0.05, 0.1) is 11.8 Å². The number of nitrogens with zero attached hydrogens (tertiary/aromatic N) is 1. The predicted molar refractivity (Wildman–Crippen MR) is 110 cm³/mol. The van der Waals surface area contributed by atoms with Crippen molar-refractivity contribution < 1.29 is 14.0 Å². The second-order valence-electron chi connectivity index (χ2n) is 8.97. The third kappa shape index (κ3) is 3.37. The average Bonchev–Trinajstić information content (AvgIpc) is 3.34. The first-order valence-corrected chi connectivity index (χ1v) is 10.8. The van der Waals surface area contributed by atoms with Gasteiger partial charge in [0.25, 0.3) is 5.91 Å². The minimum atomic E-state index is 0.0521. The van der Waals surface area contributed by atoms with E-state index in [9.17, 15) is 9.59 Å². The van der Waals surface area contributed by atoms with Crippen LogP contribution < -0.4 is 5.32 Å². The number of nitrogens with one attached hydrogen (secondary N) is 1. The molecule has 5 nitrogen and oxygen atoms in total. The summed E-state index contributed by atoms with van der Waals surface area (Å²) in [7, 11) is 0. The van der Waals surface area contributed by atoms with Crippen molar-refractivity contribution in [1.82, 2.24) is 10.2 Å². The molecule has 1 saturated carbocycles. The van der Waals surface area contributed by atoms with Crippen molar-refractivity contribution >= 4 is 11.8 Å². The number of fused-ring (bicyclic) bond motifs is 2. The fourth-order valence-corrected chi connectivity index (χ4v) is 5.45. The molecule has 1 atom stereocenters. The molecule has 1 saturated heterocycles. The Balaban J connectivity index is 1.29. The monoisotopic (exact) mass is 392 g/mol. The third-order valence-corrected chi connectivity index (χ3v) is 7.29. The van der Waals surface area contributed by atoms with Crippen molar-refractivity contribution in [2.75, 3.05) is 13.1 Å². The molecule has 2 heterocycles. The highest BCUT2D eigenvalue weighted by Crippen LogP contribution is 2.52. The van der Waals surface area contributed by atoms with Crippen molar-refractivity contribution in [2.24, 2.45) is 0 Å². The lowest BCUT2D eigenvalue weighted by molar-refractivity contribution is -0.122. The first kappa shape index (κ1) is 18.5. The number of hydrogen-bond donors (Lipinski definition) is 1. The minimum Gasteiger partial charge on any atom is -0.472 e. The number of likely N-dealkylation sites (tertiary alicyclic amines) is 1. The molecule has 1 aromatic heterocycles. The van der Waals surface area contributed by atoms with Gasteiger partial charge in [-0.15, -0.1) is 0 Å². The first-order chi connectivity index (χ1) is 14.1. The van der Waals surface area contributed by atoms with Crippen LogP contribution in [0.5, 0.6) is 0 Å². The molecule has 0 unspecified atom stereocenters. The van der Waals surface area contributed by atoms with Crippen LogP contribution in [0.4, 0.5) is 0 Å². The standard InChI is InChI=1S/C24H28N2O3/c27-22(25-19-4-3-5-19)14-18-15-24(21-7-2-1-6-20(18)21)9-11-26(12-10-24)23(28)17-8-13-29-16-17/h1-2,6-8,13,16,18-19H,3-5,9-12,14-15H2,(H,25,27)/t18-/m1/s1. The molecule has 0 radical (unpaired) electrons. The molecule has 3 aliphatic rings. The Morgan fingerprint density at radius 3 is 2.62 bits per heavy atom. The van der Waals surface area contributed by atoms with Crippen LogP contribution in [0.3, 0.4) is 0 Å². The largest absolute Gasteiger partial charge is 0.472 e. The zero-order valence-corrected chi connectivity index (χ0v) is 16.7. The smallest absolute Gasteiger partial charge is 0.257 e. The predicted octanol–water partition coefficient (Wildman–Crippen LogP) is 4.00. The van der Waals surface area contributed by atoms with Gasteiger partial charge in [0.15, 0.2) is 0 Å². The van der Waals surface area contributed by atoms with Crippen LogP contribution in [0.25, 0.3) is 0 Å². The van der Waals surface area contributed by atoms with Gasteiger partial charge in [0.2, 0.25) is 5.91 Å². The number of furan rings is 1. The topological polar surface area (TPSA) is 62.6 Å². The van der Waals surface area contributed by atoms with Crippen LogP contribution in [-0.4, -0.2) is 35.8 Å². The summed E-state index contributed by atoms with van der Waals surface area (Å²) in [6.07, 6.45) is 10.0. The molecule has 1 N–H and O–H groups in total. The van der Waals surface area contributed by atoms with Gasteiger partial charge in [-0.2, -0.15) is 0 Å². The van der Waals surface area contributed by atoms with E-state index < -0.39 is 0 Å². The van der Waals surface area contributed by atoms with Crippen LogP contribution in [0, 0.1) is 0 Å². The molecule has 5 heteroatoms. The second-order valence-corrected chi connectivity index (χ2v) is 8.97. The molecule has 1 spiro atoms. The highest BCUT2D eigenvalue weighted by atomic mass is 16.3. The lowest BCUT2D eigenvalue weighted by Gasteiger charge is -2.40. The van der Waals surface area contributed by atoms with Crippen LogP contribution in [-0.2, 0) is 10.2 Å². The molecular formula is C24H28N2O3. The molecule has 1 aliphatic heterocycles. The van der Waals surface area contributed by atoms with E-state index in [1.807, 2.05) is 4.90 Å². The average molecular weight is 392 g/mol. The minimum absolute atomic E-state index is 0.0521. The summed E-state index contributed by atoms with van der Waals surface area (Å²) in [6, 6.07) is 10.8. The summed E-state index contributed by atoms with van der Waals surface area (Å²) in [5, 5.41) is 3.20. The van der Waals surface area contributed by atoms with Crippen molar-refractivity contribution in [1.29, 1.82) is 0 Å². The van der Waals surface area contributed by atoms with E-state index in [-0.39, 0.29) is 23.1 Å². The van der Waals surface area contributed by atoms with Crippen LogP contribution in [0.1, 0.15) is 72.3 Å². The maximum absolute atomic E-state index is 12.7. The van der Waals surface area contributed by atoms with Crippen LogP contribution in [0.15, 0.2) is 47.3 Å². The Kier molecular flexibility index (Phi) is 4.69. The molecule has 2 aliphatic carbocycles. The number of carbonyl (C=O) groups is 2. The summed E-state index contributed by atoms with van der Waals surface area (Å²) in [5.74, 6) is 0.526. The fraction of sp³-hybridized carbons (Fsp3) is 0.500. The van der Waals surface area contributed by atoms with E-state index in [1.165, 1.54) is 23.8 Å². The molecule has 2 amide bonds. The molecular weight excluding hydrogens is 364 g/mol. The van der Waals surface area contributed by atoms with Crippen molar-refractivity contribution in [2.45, 2.75) is 62.3 Å². The van der Waals surface area contributed by atoms with Gasteiger partial charge in [-0.25, -0.2) is 0 Å². The van der Waals surface area contributed by atoms with Crippen molar-refractivity contribution in [3.63, 3.8) is 0 Å². The molecule has 152 valence electrons. The Morgan fingerprint density at radius 2 is 1.93 bits per heavy atom. The van der Waals surface area contributed by atoms with Gasteiger partial charge < -0.3 is 14.6 Å². The number of rotatable bonds is 4. The summed E-state index contributed by atoms with van der Waals surface area (Å²) >= 11 is 0. The quantitative estimate of drug-likeness (QED) is 0.855. The number of carbonyl (C=O) groups excluding carboxylic acids is 2. The molecule has 2 fully saturated rings. The highest BCUT2D eigenvalue weighted by Gasteiger charge is 2.46. The van der Waals surface area contributed by atoms with Crippen LogP contribution in [0.2, 0.25) is 0 Å². The maximum Gasteiger partial charge on any atom is 0.257 e. The first-order valence-electron chi connectivity index (χ1n) is 10.8. The maximum atomic E-state index is 12.7. The number of amides is 2. The normalized spacial score (nSPS) is 22.9. The van der Waals surface area contributed by atoms with Gasteiger partial charge in [-0.3, -0.25) is 9.59 Å². The van der Waals surface area contributed by atoms with E-state index in [0.29, 0.717) is 18.0 Å². The third-order valence-electron chi connectivity index (χ3n) is 7.29.